The number of carboxylic acid groups (broad SMARTS) is 1. The van der Waals surface area contributed by atoms with Gasteiger partial charge in [-0.1, -0.05) is 12.1 Å². The lowest BCUT2D eigenvalue weighted by Crippen LogP contribution is -2.12. The van der Waals surface area contributed by atoms with Crippen LogP contribution in [0.15, 0.2) is 28.7 Å². The minimum absolute atomic E-state index is 0.0216. The molecule has 0 bridgehead atoms. The average molecular weight is 273 g/mol. The molecule has 1 unspecified atom stereocenters. The molecule has 2 rings (SSSR count). The lowest BCUT2D eigenvalue weighted by atomic mass is 10.0. The molecule has 0 aliphatic heterocycles. The average Bonchev–Trinajstić information content (AvgIpc) is 2.70. The predicted octanol–water partition coefficient (Wildman–Crippen LogP) is 4.08. The Labute approximate surface area is 118 Å². The van der Waals surface area contributed by atoms with Gasteiger partial charge in [-0.25, -0.2) is 4.79 Å². The van der Waals surface area contributed by atoms with Gasteiger partial charge in [0, 0.05) is 5.56 Å². The Bertz CT molecular complexity index is 643. The lowest BCUT2D eigenvalue weighted by Gasteiger charge is -2.18. The van der Waals surface area contributed by atoms with Crippen LogP contribution in [0.2, 0.25) is 0 Å². The van der Waals surface area contributed by atoms with Crippen molar-refractivity contribution in [3.63, 3.8) is 0 Å². The van der Waals surface area contributed by atoms with Gasteiger partial charge in [0.2, 0.25) is 0 Å². The van der Waals surface area contributed by atoms with E-state index in [-0.39, 0.29) is 11.6 Å². The Hall–Kier alpha value is -2.23. The molecule has 20 heavy (non-hydrogen) atoms. The summed E-state index contributed by atoms with van der Waals surface area (Å²) in [6, 6.07) is 7.21. The molecule has 4 nitrogen and oxygen atoms in total. The second-order valence-corrected chi connectivity index (χ2v) is 5.04. The van der Waals surface area contributed by atoms with Crippen LogP contribution in [0.1, 0.15) is 46.0 Å². The normalized spacial score (nSPS) is 12.2. The zero-order valence-corrected chi connectivity index (χ0v) is 12.2. The van der Waals surface area contributed by atoms with E-state index in [9.17, 15) is 9.90 Å². The number of aromatic carboxylic acids is 1. The largest absolute Gasteiger partial charge is 0.478 e. The second-order valence-electron chi connectivity index (χ2n) is 5.04. The van der Waals surface area contributed by atoms with Gasteiger partial charge >= 0.3 is 5.97 Å². The molecule has 1 heterocycles. The molecule has 1 atom stereocenters. The number of furan rings is 1. The maximum atomic E-state index is 11.3. The zero-order valence-electron chi connectivity index (χ0n) is 12.2. The van der Waals surface area contributed by atoms with Crippen LogP contribution >= 0.6 is 0 Å². The molecule has 0 spiro atoms. The summed E-state index contributed by atoms with van der Waals surface area (Å²) in [5.41, 5.74) is 2.90. The quantitative estimate of drug-likeness (QED) is 0.881. The summed E-state index contributed by atoms with van der Waals surface area (Å²) < 4.78 is 5.52. The summed E-state index contributed by atoms with van der Waals surface area (Å²) in [5, 5.41) is 12.6. The molecule has 0 radical (unpaired) electrons. The van der Waals surface area contributed by atoms with Crippen LogP contribution in [-0.4, -0.2) is 11.1 Å². The fourth-order valence-corrected chi connectivity index (χ4v) is 2.41. The molecule has 1 aromatic carbocycles. The highest BCUT2D eigenvalue weighted by atomic mass is 16.4. The van der Waals surface area contributed by atoms with Crippen LogP contribution in [-0.2, 0) is 0 Å². The van der Waals surface area contributed by atoms with Gasteiger partial charge in [-0.05, 0) is 45.4 Å². The van der Waals surface area contributed by atoms with Crippen LogP contribution in [0, 0.1) is 20.8 Å². The standard InChI is InChI=1S/C16H19NO3/c1-9-6-5-7-13(16(18)19)15(9)17-11(3)14-8-10(2)20-12(14)4/h5-8,11,17H,1-4H3,(H,18,19). The van der Waals surface area contributed by atoms with Gasteiger partial charge in [0.05, 0.1) is 17.3 Å². The summed E-state index contributed by atoms with van der Waals surface area (Å²) in [4.78, 5) is 11.3. The molecular formula is C16H19NO3. The fraction of sp³-hybridized carbons (Fsp3) is 0.312. The highest BCUT2D eigenvalue weighted by Gasteiger charge is 2.17. The van der Waals surface area contributed by atoms with Gasteiger partial charge < -0.3 is 14.8 Å². The number of benzene rings is 1. The molecule has 0 saturated heterocycles. The van der Waals surface area contributed by atoms with E-state index in [0.29, 0.717) is 5.69 Å². The summed E-state index contributed by atoms with van der Waals surface area (Å²) in [6.45, 7) is 7.71. The molecule has 0 saturated carbocycles. The van der Waals surface area contributed by atoms with Gasteiger partial charge in [0.25, 0.3) is 0 Å². The first kappa shape index (κ1) is 14.2. The van der Waals surface area contributed by atoms with Crippen molar-refractivity contribution < 1.29 is 14.3 Å². The predicted molar refractivity (Wildman–Crippen MR) is 78.4 cm³/mol. The molecule has 2 aromatic rings. The molecule has 0 fully saturated rings. The van der Waals surface area contributed by atoms with Crippen LogP contribution in [0.4, 0.5) is 5.69 Å². The third-order valence-electron chi connectivity index (χ3n) is 3.41. The SMILES string of the molecule is Cc1cc(C(C)Nc2c(C)cccc2C(=O)O)c(C)o1. The number of para-hydroxylation sites is 1. The number of carbonyl (C=O) groups is 1. The van der Waals surface area contributed by atoms with Crippen molar-refractivity contribution in [2.24, 2.45) is 0 Å². The first-order valence-corrected chi connectivity index (χ1v) is 6.56. The van der Waals surface area contributed by atoms with E-state index in [0.717, 1.165) is 22.6 Å². The topological polar surface area (TPSA) is 62.5 Å². The van der Waals surface area contributed by atoms with Gasteiger partial charge in [0.1, 0.15) is 11.5 Å². The minimum Gasteiger partial charge on any atom is -0.478 e. The maximum absolute atomic E-state index is 11.3. The van der Waals surface area contributed by atoms with Crippen LogP contribution in [0.3, 0.4) is 0 Å². The number of rotatable bonds is 4. The Morgan fingerprint density at radius 3 is 2.55 bits per heavy atom. The molecule has 1 aromatic heterocycles. The van der Waals surface area contributed by atoms with Crippen molar-refractivity contribution in [3.05, 3.63) is 52.5 Å². The van der Waals surface area contributed by atoms with Crippen molar-refractivity contribution in [2.75, 3.05) is 5.32 Å². The highest BCUT2D eigenvalue weighted by Crippen LogP contribution is 2.28. The van der Waals surface area contributed by atoms with E-state index in [1.807, 2.05) is 39.8 Å². The first-order valence-electron chi connectivity index (χ1n) is 6.56. The number of hydrogen-bond donors (Lipinski definition) is 2. The van der Waals surface area contributed by atoms with Gasteiger partial charge in [-0.15, -0.1) is 0 Å². The Balaban J connectivity index is 2.35. The number of anilines is 1. The summed E-state index contributed by atoms with van der Waals surface area (Å²) in [6.07, 6.45) is 0. The second kappa shape index (κ2) is 5.41. The summed E-state index contributed by atoms with van der Waals surface area (Å²) in [5.74, 6) is 0.783. The van der Waals surface area contributed by atoms with Crippen molar-refractivity contribution in [1.29, 1.82) is 0 Å². The Morgan fingerprint density at radius 1 is 1.30 bits per heavy atom. The molecule has 2 N–H and O–H groups in total. The van der Waals surface area contributed by atoms with E-state index in [1.165, 1.54) is 0 Å². The molecule has 106 valence electrons. The molecule has 0 aliphatic carbocycles. The van der Waals surface area contributed by atoms with Crippen LogP contribution in [0.5, 0.6) is 0 Å². The molecule has 0 aliphatic rings. The molecular weight excluding hydrogens is 254 g/mol. The highest BCUT2D eigenvalue weighted by molar-refractivity contribution is 5.95. The Morgan fingerprint density at radius 2 is 2.00 bits per heavy atom. The summed E-state index contributed by atoms with van der Waals surface area (Å²) >= 11 is 0. The third kappa shape index (κ3) is 2.69. The van der Waals surface area contributed by atoms with Crippen LogP contribution in [0.25, 0.3) is 0 Å². The van der Waals surface area contributed by atoms with Gasteiger partial charge in [-0.3, -0.25) is 0 Å². The van der Waals surface area contributed by atoms with Crippen molar-refractivity contribution >= 4 is 11.7 Å². The first-order chi connectivity index (χ1) is 9.40. The van der Waals surface area contributed by atoms with E-state index < -0.39 is 5.97 Å². The van der Waals surface area contributed by atoms with Crippen molar-refractivity contribution in [3.8, 4) is 0 Å². The van der Waals surface area contributed by atoms with Gasteiger partial charge in [-0.2, -0.15) is 0 Å². The van der Waals surface area contributed by atoms with E-state index >= 15 is 0 Å². The van der Waals surface area contributed by atoms with E-state index in [4.69, 9.17) is 4.42 Å². The molecule has 0 amide bonds. The zero-order chi connectivity index (χ0) is 14.9. The Kier molecular flexibility index (Phi) is 3.84. The monoisotopic (exact) mass is 273 g/mol. The van der Waals surface area contributed by atoms with Crippen molar-refractivity contribution in [2.45, 2.75) is 33.7 Å². The minimum atomic E-state index is -0.927. The fourth-order valence-electron chi connectivity index (χ4n) is 2.41. The number of nitrogens with one attached hydrogen (secondary N) is 1. The van der Waals surface area contributed by atoms with Crippen LogP contribution < -0.4 is 5.32 Å². The number of carboxylic acids is 1. The summed E-state index contributed by atoms with van der Waals surface area (Å²) in [7, 11) is 0. The van der Waals surface area contributed by atoms with Gasteiger partial charge in [0.15, 0.2) is 0 Å². The maximum Gasteiger partial charge on any atom is 0.337 e. The third-order valence-corrected chi connectivity index (χ3v) is 3.41. The van der Waals surface area contributed by atoms with Crippen molar-refractivity contribution in [1.82, 2.24) is 0 Å². The number of hydrogen-bond acceptors (Lipinski definition) is 3. The smallest absolute Gasteiger partial charge is 0.337 e. The van der Waals surface area contributed by atoms with E-state index in [1.54, 1.807) is 12.1 Å². The van der Waals surface area contributed by atoms with E-state index in [2.05, 4.69) is 5.32 Å². The number of aryl methyl sites for hydroxylation is 3. The lowest BCUT2D eigenvalue weighted by molar-refractivity contribution is 0.0698. The molecule has 4 heteroatoms.